The highest BCUT2D eigenvalue weighted by Gasteiger charge is 2.23. The summed E-state index contributed by atoms with van der Waals surface area (Å²) in [6, 6.07) is 7.25. The zero-order valence-electron chi connectivity index (χ0n) is 17.7. The van der Waals surface area contributed by atoms with Crippen molar-refractivity contribution in [1.82, 2.24) is 20.9 Å². The Morgan fingerprint density at radius 1 is 1.14 bits per heavy atom. The quantitative estimate of drug-likeness (QED) is 0.321. The minimum Gasteiger partial charge on any atom is -0.379 e. The third-order valence-electron chi connectivity index (χ3n) is 4.87. The molecule has 3 N–H and O–H groups in total. The summed E-state index contributed by atoms with van der Waals surface area (Å²) in [5.41, 5.74) is 0.597. The second-order valence-corrected chi connectivity index (χ2v) is 7.81. The lowest BCUT2D eigenvalue weighted by molar-refractivity contribution is 0.00867. The zero-order chi connectivity index (χ0) is 21.1. The number of amides is 1. The standard InChI is InChI=1S/C21H34ClN5O2/c1-4-23-21(26-15-19(16(2)3)27-11-13-29-14-12-27)25-10-9-24-20(28)17-5-7-18(22)8-6-17/h5-8,16,19H,4,9-15H2,1-3H3,(H,24,28)(H2,23,25,26). The SMILES string of the molecule is CCNC(=NCC(C(C)C)N1CCOCC1)NCCNC(=O)c1ccc(Cl)cc1. The normalized spacial score (nSPS) is 16.5. The van der Waals surface area contributed by atoms with Crippen LogP contribution in [0.5, 0.6) is 0 Å². The third-order valence-corrected chi connectivity index (χ3v) is 5.13. The maximum atomic E-state index is 12.1. The van der Waals surface area contributed by atoms with E-state index >= 15 is 0 Å². The molecule has 1 unspecified atom stereocenters. The van der Waals surface area contributed by atoms with Gasteiger partial charge in [0.25, 0.3) is 5.91 Å². The van der Waals surface area contributed by atoms with E-state index in [2.05, 4.69) is 34.7 Å². The Hall–Kier alpha value is -1.83. The smallest absolute Gasteiger partial charge is 0.251 e. The lowest BCUT2D eigenvalue weighted by Gasteiger charge is -2.36. The number of hydrogen-bond acceptors (Lipinski definition) is 4. The van der Waals surface area contributed by atoms with E-state index in [0.717, 1.165) is 45.4 Å². The summed E-state index contributed by atoms with van der Waals surface area (Å²) in [6.45, 7) is 12.6. The van der Waals surface area contributed by atoms with Crippen LogP contribution in [0.25, 0.3) is 0 Å². The van der Waals surface area contributed by atoms with E-state index in [-0.39, 0.29) is 5.91 Å². The Labute approximate surface area is 179 Å². The lowest BCUT2D eigenvalue weighted by Crippen LogP contribution is -2.48. The van der Waals surface area contributed by atoms with Crippen LogP contribution in [0.1, 0.15) is 31.1 Å². The van der Waals surface area contributed by atoms with E-state index in [0.29, 0.717) is 35.6 Å². The van der Waals surface area contributed by atoms with Crippen molar-refractivity contribution < 1.29 is 9.53 Å². The molecule has 162 valence electrons. The van der Waals surface area contributed by atoms with Crippen molar-refractivity contribution in [2.45, 2.75) is 26.8 Å². The van der Waals surface area contributed by atoms with Crippen molar-refractivity contribution in [3.8, 4) is 0 Å². The fraction of sp³-hybridized carbons (Fsp3) is 0.619. The number of nitrogens with one attached hydrogen (secondary N) is 3. The maximum Gasteiger partial charge on any atom is 0.251 e. The highest BCUT2D eigenvalue weighted by molar-refractivity contribution is 6.30. The number of guanidine groups is 1. The van der Waals surface area contributed by atoms with Crippen LogP contribution < -0.4 is 16.0 Å². The molecular weight excluding hydrogens is 390 g/mol. The summed E-state index contributed by atoms with van der Waals surface area (Å²) < 4.78 is 5.47. The molecule has 0 aromatic heterocycles. The van der Waals surface area contributed by atoms with Gasteiger partial charge in [0, 0.05) is 49.4 Å². The molecule has 1 amide bonds. The predicted octanol–water partition coefficient (Wildman–Crippen LogP) is 1.98. The highest BCUT2D eigenvalue weighted by Crippen LogP contribution is 2.13. The van der Waals surface area contributed by atoms with Crippen LogP contribution in [0.15, 0.2) is 29.3 Å². The van der Waals surface area contributed by atoms with Gasteiger partial charge < -0.3 is 20.7 Å². The fourth-order valence-corrected chi connectivity index (χ4v) is 3.37. The van der Waals surface area contributed by atoms with E-state index in [1.807, 2.05) is 6.92 Å². The molecule has 0 bridgehead atoms. The van der Waals surface area contributed by atoms with Crippen molar-refractivity contribution in [2.24, 2.45) is 10.9 Å². The number of ether oxygens (including phenoxy) is 1. The van der Waals surface area contributed by atoms with Gasteiger partial charge in [-0.2, -0.15) is 0 Å². The summed E-state index contributed by atoms with van der Waals surface area (Å²) in [6.07, 6.45) is 0. The number of benzene rings is 1. The van der Waals surface area contributed by atoms with Crippen molar-refractivity contribution >= 4 is 23.5 Å². The predicted molar refractivity (Wildman–Crippen MR) is 119 cm³/mol. The summed E-state index contributed by atoms with van der Waals surface area (Å²) in [5.74, 6) is 1.17. The summed E-state index contributed by atoms with van der Waals surface area (Å²) in [5, 5.41) is 10.1. The molecule has 29 heavy (non-hydrogen) atoms. The van der Waals surface area contributed by atoms with Crippen molar-refractivity contribution in [3.05, 3.63) is 34.9 Å². The Kier molecular flexibility index (Phi) is 10.2. The van der Waals surface area contributed by atoms with Crippen LogP contribution in [0.3, 0.4) is 0 Å². The van der Waals surface area contributed by atoms with Gasteiger partial charge in [-0.3, -0.25) is 14.7 Å². The first kappa shape index (κ1) is 23.4. The van der Waals surface area contributed by atoms with Gasteiger partial charge in [0.2, 0.25) is 0 Å². The molecule has 2 rings (SSSR count). The van der Waals surface area contributed by atoms with Crippen LogP contribution in [0.4, 0.5) is 0 Å². The van der Waals surface area contributed by atoms with E-state index in [4.69, 9.17) is 21.3 Å². The van der Waals surface area contributed by atoms with Crippen LogP contribution in [0, 0.1) is 5.92 Å². The third kappa shape index (κ3) is 8.20. The summed E-state index contributed by atoms with van der Waals surface area (Å²) in [7, 11) is 0. The molecule has 1 saturated heterocycles. The van der Waals surface area contributed by atoms with E-state index < -0.39 is 0 Å². The van der Waals surface area contributed by atoms with Gasteiger partial charge >= 0.3 is 0 Å². The highest BCUT2D eigenvalue weighted by atomic mass is 35.5. The molecule has 8 heteroatoms. The van der Waals surface area contributed by atoms with Crippen LogP contribution in [-0.4, -0.2) is 75.3 Å². The molecule has 1 heterocycles. The average Bonchev–Trinajstić information content (AvgIpc) is 2.72. The van der Waals surface area contributed by atoms with Crippen molar-refractivity contribution in [1.29, 1.82) is 0 Å². The number of rotatable bonds is 9. The van der Waals surface area contributed by atoms with Crippen LogP contribution in [0.2, 0.25) is 5.02 Å². The molecule has 0 spiro atoms. The first-order chi connectivity index (χ1) is 14.0. The van der Waals surface area contributed by atoms with Gasteiger partial charge in [0.1, 0.15) is 0 Å². The molecule has 1 aliphatic rings. The minimum atomic E-state index is -0.113. The van der Waals surface area contributed by atoms with E-state index in [1.165, 1.54) is 0 Å². The van der Waals surface area contributed by atoms with Crippen LogP contribution in [-0.2, 0) is 4.74 Å². The number of nitrogens with zero attached hydrogens (tertiary/aromatic N) is 2. The second-order valence-electron chi connectivity index (χ2n) is 7.37. The maximum absolute atomic E-state index is 12.1. The largest absolute Gasteiger partial charge is 0.379 e. The monoisotopic (exact) mass is 423 g/mol. The molecular formula is C21H34ClN5O2. The van der Waals surface area contributed by atoms with Gasteiger partial charge in [0.05, 0.1) is 19.8 Å². The van der Waals surface area contributed by atoms with Gasteiger partial charge in [-0.1, -0.05) is 25.4 Å². The molecule has 1 aromatic rings. The van der Waals surface area contributed by atoms with Crippen molar-refractivity contribution in [3.63, 3.8) is 0 Å². The molecule has 0 radical (unpaired) electrons. The fourth-order valence-electron chi connectivity index (χ4n) is 3.24. The summed E-state index contributed by atoms with van der Waals surface area (Å²) >= 11 is 5.86. The van der Waals surface area contributed by atoms with Crippen LogP contribution >= 0.6 is 11.6 Å². The Balaban J connectivity index is 1.81. The van der Waals surface area contributed by atoms with Gasteiger partial charge in [-0.25, -0.2) is 0 Å². The number of morpholine rings is 1. The summed E-state index contributed by atoms with van der Waals surface area (Å²) in [4.78, 5) is 19.4. The Morgan fingerprint density at radius 2 is 1.79 bits per heavy atom. The first-order valence-electron chi connectivity index (χ1n) is 10.4. The molecule has 1 atom stereocenters. The first-order valence-corrected chi connectivity index (χ1v) is 10.8. The number of hydrogen-bond donors (Lipinski definition) is 3. The number of carbonyl (C=O) groups is 1. The zero-order valence-corrected chi connectivity index (χ0v) is 18.5. The average molecular weight is 424 g/mol. The number of carbonyl (C=O) groups excluding carboxylic acids is 1. The molecule has 1 fully saturated rings. The molecule has 1 aliphatic heterocycles. The van der Waals surface area contributed by atoms with E-state index in [1.54, 1.807) is 24.3 Å². The van der Waals surface area contributed by atoms with Crippen molar-refractivity contribution in [2.75, 3.05) is 52.5 Å². The molecule has 1 aromatic carbocycles. The Morgan fingerprint density at radius 3 is 2.41 bits per heavy atom. The molecule has 0 saturated carbocycles. The minimum absolute atomic E-state index is 0.113. The van der Waals surface area contributed by atoms with Gasteiger partial charge in [-0.05, 0) is 37.1 Å². The Bertz CT molecular complexity index is 645. The van der Waals surface area contributed by atoms with Gasteiger partial charge in [-0.15, -0.1) is 0 Å². The molecule has 0 aliphatic carbocycles. The molecule has 7 nitrogen and oxygen atoms in total. The van der Waals surface area contributed by atoms with Gasteiger partial charge in [0.15, 0.2) is 5.96 Å². The number of halogens is 1. The van der Waals surface area contributed by atoms with E-state index in [9.17, 15) is 4.79 Å². The lowest BCUT2D eigenvalue weighted by atomic mass is 10.0. The topological polar surface area (TPSA) is 78.0 Å². The second kappa shape index (κ2) is 12.7. The number of aliphatic imine (C=N–C) groups is 1.